The molecule has 90 valence electrons. The molecule has 0 atom stereocenters. The molecule has 3 rings (SSSR count). The van der Waals surface area contributed by atoms with Crippen LogP contribution in [0.25, 0.3) is 0 Å². The van der Waals surface area contributed by atoms with E-state index in [4.69, 9.17) is 4.98 Å². The van der Waals surface area contributed by atoms with E-state index in [0.29, 0.717) is 0 Å². The molecule has 1 N–H and O–H groups in total. The minimum atomic E-state index is 0. The molecule has 3 heteroatoms. The first-order chi connectivity index (χ1) is 7.43. The summed E-state index contributed by atoms with van der Waals surface area (Å²) >= 11 is 0. The van der Waals surface area contributed by atoms with Gasteiger partial charge < -0.3 is 4.98 Å². The molecule has 0 spiro atoms. The fourth-order valence-electron chi connectivity index (χ4n) is 3.04. The Labute approximate surface area is 104 Å². The van der Waals surface area contributed by atoms with Crippen molar-refractivity contribution in [2.24, 2.45) is 0 Å². The summed E-state index contributed by atoms with van der Waals surface area (Å²) in [7, 11) is 0. The Hall–Kier alpha value is -0.500. The highest BCUT2D eigenvalue weighted by Gasteiger charge is 2.21. The number of hydrogen-bond donors (Lipinski definition) is 1. The van der Waals surface area contributed by atoms with Crippen LogP contribution in [0.15, 0.2) is 0 Å². The molecule has 0 unspecified atom stereocenters. The summed E-state index contributed by atoms with van der Waals surface area (Å²) in [6.07, 6.45) is 12.1. The van der Waals surface area contributed by atoms with Crippen LogP contribution in [0, 0.1) is 0 Å². The zero-order valence-corrected chi connectivity index (χ0v) is 10.6. The van der Waals surface area contributed by atoms with Crippen molar-refractivity contribution in [2.45, 2.75) is 63.7 Å². The van der Waals surface area contributed by atoms with Crippen molar-refractivity contribution >= 4 is 12.4 Å². The minimum absolute atomic E-state index is 0. The van der Waals surface area contributed by atoms with Crippen molar-refractivity contribution < 1.29 is 0 Å². The van der Waals surface area contributed by atoms with Gasteiger partial charge in [-0.15, -0.1) is 12.4 Å². The number of aromatic nitrogens is 2. The summed E-state index contributed by atoms with van der Waals surface area (Å²) in [5.74, 6) is 2.05. The number of aryl methyl sites for hydroxylation is 2. The van der Waals surface area contributed by atoms with E-state index in [0.717, 1.165) is 5.92 Å². The number of halogens is 1. The van der Waals surface area contributed by atoms with Gasteiger partial charge in [0.1, 0.15) is 5.82 Å². The zero-order valence-electron chi connectivity index (χ0n) is 9.80. The lowest BCUT2D eigenvalue weighted by Crippen LogP contribution is -2.06. The van der Waals surface area contributed by atoms with Crippen molar-refractivity contribution in [3.05, 3.63) is 17.2 Å². The van der Waals surface area contributed by atoms with Gasteiger partial charge in [-0.2, -0.15) is 0 Å². The minimum Gasteiger partial charge on any atom is -0.345 e. The van der Waals surface area contributed by atoms with E-state index in [2.05, 4.69) is 4.98 Å². The first-order valence-corrected chi connectivity index (χ1v) is 6.51. The molecule has 2 aliphatic rings. The molecule has 0 saturated heterocycles. The third-order valence-electron chi connectivity index (χ3n) is 3.96. The van der Waals surface area contributed by atoms with Crippen molar-refractivity contribution in [3.8, 4) is 0 Å². The number of rotatable bonds is 1. The molecule has 1 saturated carbocycles. The van der Waals surface area contributed by atoms with E-state index in [1.807, 2.05) is 0 Å². The fraction of sp³-hybridized carbons (Fsp3) is 0.769. The van der Waals surface area contributed by atoms with Gasteiger partial charge in [-0.05, 0) is 38.5 Å². The number of aromatic amines is 1. The van der Waals surface area contributed by atoms with Crippen LogP contribution in [0.5, 0.6) is 0 Å². The Morgan fingerprint density at radius 1 is 0.938 bits per heavy atom. The van der Waals surface area contributed by atoms with Gasteiger partial charge in [-0.3, -0.25) is 0 Å². The Morgan fingerprint density at radius 2 is 1.69 bits per heavy atom. The SMILES string of the molecule is C1CCC(c2nc3c([nH]2)CCCC3)CC1.Cl. The van der Waals surface area contributed by atoms with Gasteiger partial charge in [0.25, 0.3) is 0 Å². The summed E-state index contributed by atoms with van der Waals surface area (Å²) in [6.45, 7) is 0. The lowest BCUT2D eigenvalue weighted by atomic mass is 9.89. The first-order valence-electron chi connectivity index (χ1n) is 6.51. The maximum Gasteiger partial charge on any atom is 0.109 e. The second kappa shape index (κ2) is 5.22. The molecular weight excluding hydrogens is 220 g/mol. The number of nitrogens with one attached hydrogen (secondary N) is 1. The van der Waals surface area contributed by atoms with Crippen molar-refractivity contribution in [1.29, 1.82) is 0 Å². The van der Waals surface area contributed by atoms with Crippen LogP contribution in [-0.4, -0.2) is 9.97 Å². The van der Waals surface area contributed by atoms with Gasteiger partial charge in [0.2, 0.25) is 0 Å². The maximum atomic E-state index is 4.82. The zero-order chi connectivity index (χ0) is 10.1. The highest BCUT2D eigenvalue weighted by Crippen LogP contribution is 2.32. The summed E-state index contributed by atoms with van der Waals surface area (Å²) in [5, 5.41) is 0. The lowest BCUT2D eigenvalue weighted by Gasteiger charge is -2.19. The average molecular weight is 241 g/mol. The predicted molar refractivity (Wildman–Crippen MR) is 68.3 cm³/mol. The smallest absolute Gasteiger partial charge is 0.109 e. The second-order valence-electron chi connectivity index (χ2n) is 5.09. The molecule has 1 fully saturated rings. The molecule has 0 aliphatic heterocycles. The number of hydrogen-bond acceptors (Lipinski definition) is 1. The highest BCUT2D eigenvalue weighted by molar-refractivity contribution is 5.85. The molecular formula is C13H21ClN2. The fourth-order valence-corrected chi connectivity index (χ4v) is 3.04. The summed E-state index contributed by atoms with van der Waals surface area (Å²) in [4.78, 5) is 8.41. The molecule has 0 aromatic carbocycles. The summed E-state index contributed by atoms with van der Waals surface area (Å²) in [5.41, 5.74) is 2.82. The van der Waals surface area contributed by atoms with Crippen molar-refractivity contribution in [2.75, 3.05) is 0 Å². The second-order valence-corrected chi connectivity index (χ2v) is 5.09. The van der Waals surface area contributed by atoms with Crippen LogP contribution in [0.1, 0.15) is 68.1 Å². The van der Waals surface area contributed by atoms with Crippen LogP contribution >= 0.6 is 12.4 Å². The maximum absolute atomic E-state index is 4.82. The van der Waals surface area contributed by atoms with E-state index in [1.54, 1.807) is 0 Å². The molecule has 1 heterocycles. The van der Waals surface area contributed by atoms with E-state index in [9.17, 15) is 0 Å². The lowest BCUT2D eigenvalue weighted by molar-refractivity contribution is 0.430. The van der Waals surface area contributed by atoms with Gasteiger partial charge in [-0.1, -0.05) is 19.3 Å². The normalized spacial score (nSPS) is 21.2. The third kappa shape index (κ3) is 2.27. The van der Waals surface area contributed by atoms with Gasteiger partial charge in [0.15, 0.2) is 0 Å². The van der Waals surface area contributed by atoms with Crippen LogP contribution in [-0.2, 0) is 12.8 Å². The predicted octanol–water partition coefficient (Wildman–Crippen LogP) is 3.76. The van der Waals surface area contributed by atoms with Gasteiger partial charge in [0, 0.05) is 11.6 Å². The number of imidazole rings is 1. The molecule has 0 bridgehead atoms. The van der Waals surface area contributed by atoms with Crippen LogP contribution in [0.4, 0.5) is 0 Å². The van der Waals surface area contributed by atoms with E-state index < -0.39 is 0 Å². The molecule has 1 aromatic rings. The molecule has 16 heavy (non-hydrogen) atoms. The highest BCUT2D eigenvalue weighted by atomic mass is 35.5. The number of nitrogens with zero attached hydrogens (tertiary/aromatic N) is 1. The van der Waals surface area contributed by atoms with Crippen LogP contribution < -0.4 is 0 Å². The topological polar surface area (TPSA) is 28.7 Å². The van der Waals surface area contributed by atoms with Crippen LogP contribution in [0.2, 0.25) is 0 Å². The summed E-state index contributed by atoms with van der Waals surface area (Å²) in [6, 6.07) is 0. The van der Waals surface area contributed by atoms with E-state index in [1.165, 1.54) is 75.0 Å². The standard InChI is InChI=1S/C13H20N2.ClH/c1-2-6-10(7-3-1)13-14-11-8-4-5-9-12(11)15-13;/h10H,1-9H2,(H,14,15);1H. The monoisotopic (exact) mass is 240 g/mol. The molecule has 1 aromatic heterocycles. The van der Waals surface area contributed by atoms with E-state index in [-0.39, 0.29) is 12.4 Å². The van der Waals surface area contributed by atoms with Crippen molar-refractivity contribution in [3.63, 3.8) is 0 Å². The van der Waals surface area contributed by atoms with E-state index >= 15 is 0 Å². The first kappa shape index (κ1) is 12.0. The van der Waals surface area contributed by atoms with Crippen molar-refractivity contribution in [1.82, 2.24) is 9.97 Å². The average Bonchev–Trinajstić information content (AvgIpc) is 2.74. The molecule has 2 aliphatic carbocycles. The van der Waals surface area contributed by atoms with Crippen LogP contribution in [0.3, 0.4) is 0 Å². The molecule has 2 nitrogen and oxygen atoms in total. The van der Waals surface area contributed by atoms with Gasteiger partial charge in [-0.25, -0.2) is 4.98 Å². The number of H-pyrrole nitrogens is 1. The van der Waals surface area contributed by atoms with Gasteiger partial charge >= 0.3 is 0 Å². The Kier molecular flexibility index (Phi) is 3.91. The Balaban J connectivity index is 0.000000963. The quantitative estimate of drug-likeness (QED) is 0.796. The largest absolute Gasteiger partial charge is 0.345 e. The third-order valence-corrected chi connectivity index (χ3v) is 3.96. The molecule has 0 radical (unpaired) electrons. The Morgan fingerprint density at radius 3 is 2.44 bits per heavy atom. The van der Waals surface area contributed by atoms with Gasteiger partial charge in [0.05, 0.1) is 5.69 Å². The Bertz CT molecular complexity index is 316. The number of fused-ring (bicyclic) bond motifs is 1. The summed E-state index contributed by atoms with van der Waals surface area (Å²) < 4.78 is 0. The molecule has 0 amide bonds.